The van der Waals surface area contributed by atoms with Crippen molar-refractivity contribution in [1.82, 2.24) is 10.3 Å². The first-order valence-corrected chi connectivity index (χ1v) is 12.4. The first-order chi connectivity index (χ1) is 17.6. The summed E-state index contributed by atoms with van der Waals surface area (Å²) in [4.78, 5) is 14.5. The Hall–Kier alpha value is -3.60. The Labute approximate surface area is 213 Å². The molecule has 7 heteroatoms. The van der Waals surface area contributed by atoms with E-state index >= 15 is 0 Å². The zero-order valence-electron chi connectivity index (χ0n) is 21.1. The minimum atomic E-state index is -0.360. The monoisotopic (exact) mass is 489 g/mol. The Bertz CT molecular complexity index is 1170. The van der Waals surface area contributed by atoms with E-state index in [1.165, 1.54) is 5.56 Å². The van der Waals surface area contributed by atoms with Gasteiger partial charge in [-0.2, -0.15) is 5.26 Å². The van der Waals surface area contributed by atoms with Crippen LogP contribution in [0, 0.1) is 18.3 Å². The summed E-state index contributed by atoms with van der Waals surface area (Å²) < 4.78 is 16.7. The average molecular weight is 490 g/mol. The summed E-state index contributed by atoms with van der Waals surface area (Å²) in [6.45, 7) is 5.78. The van der Waals surface area contributed by atoms with Gasteiger partial charge < -0.3 is 24.5 Å². The molecule has 0 aliphatic rings. The molecule has 0 unspecified atom stereocenters. The predicted molar refractivity (Wildman–Crippen MR) is 142 cm³/mol. The average Bonchev–Trinajstić information content (AvgIpc) is 2.90. The van der Waals surface area contributed by atoms with E-state index < -0.39 is 0 Å². The highest BCUT2D eigenvalue weighted by Gasteiger charge is 2.08. The van der Waals surface area contributed by atoms with Gasteiger partial charge in [-0.05, 0) is 87.2 Å². The molecule has 0 spiro atoms. The second-order valence-corrected chi connectivity index (χ2v) is 8.58. The van der Waals surface area contributed by atoms with Gasteiger partial charge >= 0.3 is 0 Å². The number of aromatic amines is 1. The molecule has 2 aromatic carbocycles. The van der Waals surface area contributed by atoms with Crippen LogP contribution in [0.1, 0.15) is 36.1 Å². The van der Waals surface area contributed by atoms with E-state index in [9.17, 15) is 4.79 Å². The van der Waals surface area contributed by atoms with Crippen LogP contribution in [0.15, 0.2) is 59.4 Å². The molecule has 190 valence electrons. The molecule has 0 amide bonds. The van der Waals surface area contributed by atoms with Crippen molar-refractivity contribution < 1.29 is 14.2 Å². The molecule has 0 fully saturated rings. The number of hydrogen-bond donors (Lipinski definition) is 2. The number of unbranched alkanes of at least 4 members (excludes halogenated alkanes) is 1. The summed E-state index contributed by atoms with van der Waals surface area (Å²) in [6.07, 6.45) is 3.88. The van der Waals surface area contributed by atoms with E-state index in [0.717, 1.165) is 73.7 Å². The second kappa shape index (κ2) is 14.7. The molecule has 3 aromatic rings. The maximum Gasteiger partial charge on any atom is 0.266 e. The van der Waals surface area contributed by atoms with Crippen LogP contribution in [0.25, 0.3) is 11.1 Å². The quantitative estimate of drug-likeness (QED) is 0.302. The van der Waals surface area contributed by atoms with Crippen LogP contribution in [0.2, 0.25) is 0 Å². The van der Waals surface area contributed by atoms with Gasteiger partial charge in [-0.1, -0.05) is 24.3 Å². The van der Waals surface area contributed by atoms with Crippen LogP contribution in [0.4, 0.5) is 0 Å². The van der Waals surface area contributed by atoms with Crippen molar-refractivity contribution in [2.75, 3.05) is 40.0 Å². The van der Waals surface area contributed by atoms with E-state index in [2.05, 4.69) is 22.4 Å². The van der Waals surface area contributed by atoms with Gasteiger partial charge in [-0.3, -0.25) is 4.79 Å². The number of H-pyrrole nitrogens is 1. The lowest BCUT2D eigenvalue weighted by Gasteiger charge is -2.10. The predicted octanol–water partition coefficient (Wildman–Crippen LogP) is 4.63. The molecule has 1 aromatic heterocycles. The third-order valence-corrected chi connectivity index (χ3v) is 5.83. The first kappa shape index (κ1) is 27.0. The Morgan fingerprint density at radius 2 is 1.53 bits per heavy atom. The number of pyridine rings is 1. The van der Waals surface area contributed by atoms with Crippen molar-refractivity contribution in [2.45, 2.75) is 32.6 Å². The fourth-order valence-electron chi connectivity index (χ4n) is 3.76. The van der Waals surface area contributed by atoms with E-state index in [-0.39, 0.29) is 11.1 Å². The van der Waals surface area contributed by atoms with Crippen LogP contribution in [0.5, 0.6) is 11.5 Å². The molecule has 0 aliphatic carbocycles. The fourth-order valence-corrected chi connectivity index (χ4v) is 3.76. The molecule has 0 saturated heterocycles. The number of rotatable bonds is 15. The van der Waals surface area contributed by atoms with Crippen LogP contribution < -0.4 is 20.3 Å². The SMILES string of the molecule is COCCc1ccc(OCCCNCCCCOc2ccc(-c3cc(C#N)c(=O)[nH]c3C)cc2)cc1. The molecule has 36 heavy (non-hydrogen) atoms. The standard InChI is InChI=1S/C29H35N3O4/c1-22-28(20-25(21-30)29(33)32-22)24-8-12-27(13-9-24)35-17-4-3-15-31-16-5-18-36-26-10-6-23(7-11-26)14-19-34-2/h6-13,20,31H,3-5,14-19H2,1-2H3,(H,32,33). The van der Waals surface area contributed by atoms with Gasteiger partial charge in [-0.15, -0.1) is 0 Å². The molecular weight excluding hydrogens is 454 g/mol. The van der Waals surface area contributed by atoms with Crippen molar-refractivity contribution in [3.8, 4) is 28.7 Å². The third kappa shape index (κ3) is 8.56. The Balaban J connectivity index is 1.25. The number of ether oxygens (including phenoxy) is 3. The van der Waals surface area contributed by atoms with Gasteiger partial charge in [-0.25, -0.2) is 0 Å². The fraction of sp³-hybridized carbons (Fsp3) is 0.379. The number of nitrogens with one attached hydrogen (secondary N) is 2. The molecule has 0 radical (unpaired) electrons. The van der Waals surface area contributed by atoms with E-state index in [1.54, 1.807) is 13.2 Å². The van der Waals surface area contributed by atoms with Gasteiger partial charge in [0, 0.05) is 18.4 Å². The molecule has 0 bridgehead atoms. The molecule has 0 saturated carbocycles. The lowest BCUT2D eigenvalue weighted by molar-refractivity contribution is 0.202. The van der Waals surface area contributed by atoms with Gasteiger partial charge in [0.1, 0.15) is 23.1 Å². The summed E-state index contributed by atoms with van der Waals surface area (Å²) >= 11 is 0. The lowest BCUT2D eigenvalue weighted by Crippen LogP contribution is -2.19. The van der Waals surface area contributed by atoms with Crippen molar-refractivity contribution in [1.29, 1.82) is 5.26 Å². The number of aryl methyl sites for hydroxylation is 1. The minimum absolute atomic E-state index is 0.112. The van der Waals surface area contributed by atoms with E-state index in [1.807, 2.05) is 49.4 Å². The van der Waals surface area contributed by atoms with Crippen LogP contribution >= 0.6 is 0 Å². The zero-order chi connectivity index (χ0) is 25.6. The zero-order valence-corrected chi connectivity index (χ0v) is 21.1. The maximum atomic E-state index is 11.7. The van der Waals surface area contributed by atoms with E-state index in [4.69, 9.17) is 19.5 Å². The topological polar surface area (TPSA) is 96.4 Å². The van der Waals surface area contributed by atoms with Crippen molar-refractivity contribution in [3.05, 3.63) is 81.8 Å². The number of hydrogen-bond acceptors (Lipinski definition) is 6. The number of nitrogens with zero attached hydrogens (tertiary/aromatic N) is 1. The van der Waals surface area contributed by atoms with Crippen LogP contribution in [-0.4, -0.2) is 45.0 Å². The van der Waals surface area contributed by atoms with Crippen molar-refractivity contribution >= 4 is 0 Å². The van der Waals surface area contributed by atoms with Crippen LogP contribution in [0.3, 0.4) is 0 Å². The van der Waals surface area contributed by atoms with Gasteiger partial charge in [0.15, 0.2) is 0 Å². The van der Waals surface area contributed by atoms with Crippen molar-refractivity contribution in [3.63, 3.8) is 0 Å². The van der Waals surface area contributed by atoms with Gasteiger partial charge in [0.05, 0.1) is 19.8 Å². The first-order valence-electron chi connectivity index (χ1n) is 12.4. The molecule has 0 atom stereocenters. The van der Waals surface area contributed by atoms with E-state index in [0.29, 0.717) is 13.2 Å². The largest absolute Gasteiger partial charge is 0.494 e. The Kier molecular flexibility index (Phi) is 11.0. The summed E-state index contributed by atoms with van der Waals surface area (Å²) in [6, 6.07) is 19.5. The summed E-state index contributed by atoms with van der Waals surface area (Å²) in [5.41, 5.74) is 3.51. The Morgan fingerprint density at radius 1 is 0.889 bits per heavy atom. The van der Waals surface area contributed by atoms with Gasteiger partial charge in [0.25, 0.3) is 5.56 Å². The normalized spacial score (nSPS) is 10.7. The minimum Gasteiger partial charge on any atom is -0.494 e. The highest BCUT2D eigenvalue weighted by molar-refractivity contribution is 5.67. The molecule has 7 nitrogen and oxygen atoms in total. The smallest absolute Gasteiger partial charge is 0.266 e. The highest BCUT2D eigenvalue weighted by Crippen LogP contribution is 2.24. The molecule has 2 N–H and O–H groups in total. The van der Waals surface area contributed by atoms with Crippen LogP contribution in [-0.2, 0) is 11.2 Å². The second-order valence-electron chi connectivity index (χ2n) is 8.58. The summed E-state index contributed by atoms with van der Waals surface area (Å²) in [7, 11) is 1.72. The summed E-state index contributed by atoms with van der Waals surface area (Å²) in [5, 5.41) is 12.6. The lowest BCUT2D eigenvalue weighted by atomic mass is 10.0. The maximum absolute atomic E-state index is 11.7. The number of methoxy groups -OCH3 is 1. The molecule has 3 rings (SSSR count). The molecule has 0 aliphatic heterocycles. The number of aromatic nitrogens is 1. The van der Waals surface area contributed by atoms with Gasteiger partial charge in [0.2, 0.25) is 0 Å². The number of nitriles is 1. The number of benzene rings is 2. The highest BCUT2D eigenvalue weighted by atomic mass is 16.5. The molecule has 1 heterocycles. The molecular formula is C29H35N3O4. The Morgan fingerprint density at radius 3 is 2.19 bits per heavy atom. The van der Waals surface area contributed by atoms with Crippen molar-refractivity contribution in [2.24, 2.45) is 0 Å². The summed E-state index contributed by atoms with van der Waals surface area (Å²) in [5.74, 6) is 1.71. The third-order valence-electron chi connectivity index (χ3n) is 5.83.